The first-order chi connectivity index (χ1) is 11.8. The molecular weight excluding hydrogens is 302 g/mol. The summed E-state index contributed by atoms with van der Waals surface area (Å²) in [6.07, 6.45) is 7.77. The lowest BCUT2D eigenvalue weighted by Crippen LogP contribution is -2.40. The number of aryl methyl sites for hydroxylation is 1. The van der Waals surface area contributed by atoms with Crippen molar-refractivity contribution in [1.29, 1.82) is 0 Å². The molecule has 2 heterocycles. The van der Waals surface area contributed by atoms with Crippen molar-refractivity contribution < 1.29 is 9.52 Å². The maximum absolute atomic E-state index is 8.90. The number of benzene rings is 1. The number of hydrogen-bond donors (Lipinski definition) is 2. The highest BCUT2D eigenvalue weighted by molar-refractivity contribution is 5.95. The first-order valence-corrected chi connectivity index (χ1v) is 8.26. The van der Waals surface area contributed by atoms with Gasteiger partial charge >= 0.3 is 0 Å². The Morgan fingerprint density at radius 2 is 2.12 bits per heavy atom. The van der Waals surface area contributed by atoms with E-state index in [0.29, 0.717) is 6.42 Å². The standard InChI is InChI=1S/C19H23N3O2/c20-19-21-17(9-11-22(19)10-3-12-23)8-7-15-4-1-5-16(14-15)18-6-2-13-24-18/h1-2,4-6,9,11,13-14,19,23H,3,7-8,10,12,20H2. The normalized spacial score (nSPS) is 17.2. The van der Waals surface area contributed by atoms with Gasteiger partial charge in [0.2, 0.25) is 0 Å². The lowest BCUT2D eigenvalue weighted by atomic mass is 10.0. The van der Waals surface area contributed by atoms with Crippen LogP contribution in [0.3, 0.4) is 0 Å². The van der Waals surface area contributed by atoms with Gasteiger partial charge in [-0.15, -0.1) is 0 Å². The predicted octanol–water partition coefficient (Wildman–Crippen LogP) is 2.77. The quantitative estimate of drug-likeness (QED) is 0.821. The van der Waals surface area contributed by atoms with E-state index >= 15 is 0 Å². The summed E-state index contributed by atoms with van der Waals surface area (Å²) < 4.78 is 5.45. The van der Waals surface area contributed by atoms with E-state index in [2.05, 4.69) is 23.2 Å². The maximum Gasteiger partial charge on any atom is 0.173 e. The predicted molar refractivity (Wildman–Crippen MR) is 95.4 cm³/mol. The van der Waals surface area contributed by atoms with Gasteiger partial charge in [-0.05, 0) is 49.1 Å². The van der Waals surface area contributed by atoms with Crippen LogP contribution >= 0.6 is 0 Å². The molecule has 1 aromatic carbocycles. The van der Waals surface area contributed by atoms with Crippen molar-refractivity contribution in [2.75, 3.05) is 13.2 Å². The third-order valence-corrected chi connectivity index (χ3v) is 4.07. The lowest BCUT2D eigenvalue weighted by molar-refractivity contribution is 0.231. The van der Waals surface area contributed by atoms with E-state index in [-0.39, 0.29) is 12.9 Å². The molecule has 0 spiro atoms. The minimum Gasteiger partial charge on any atom is -0.464 e. The number of furan rings is 1. The third-order valence-electron chi connectivity index (χ3n) is 4.07. The molecule has 0 amide bonds. The second-order valence-electron chi connectivity index (χ2n) is 5.84. The van der Waals surface area contributed by atoms with Crippen molar-refractivity contribution in [2.24, 2.45) is 10.7 Å². The summed E-state index contributed by atoms with van der Waals surface area (Å²) >= 11 is 0. The van der Waals surface area contributed by atoms with Crippen molar-refractivity contribution in [2.45, 2.75) is 25.6 Å². The number of aliphatic hydroxyl groups is 1. The molecule has 2 aromatic rings. The summed E-state index contributed by atoms with van der Waals surface area (Å²) in [5.41, 5.74) is 9.40. The molecule has 24 heavy (non-hydrogen) atoms. The first-order valence-electron chi connectivity index (χ1n) is 8.26. The average molecular weight is 325 g/mol. The summed E-state index contributed by atoms with van der Waals surface area (Å²) in [7, 11) is 0. The van der Waals surface area contributed by atoms with E-state index < -0.39 is 0 Å². The molecule has 0 bridgehead atoms. The molecule has 0 radical (unpaired) electrons. The molecular formula is C19H23N3O2. The second-order valence-corrected chi connectivity index (χ2v) is 5.84. The summed E-state index contributed by atoms with van der Waals surface area (Å²) in [6, 6.07) is 12.2. The molecule has 0 saturated carbocycles. The molecule has 1 atom stereocenters. The zero-order valence-electron chi connectivity index (χ0n) is 13.6. The summed E-state index contributed by atoms with van der Waals surface area (Å²) in [4.78, 5) is 6.48. The zero-order chi connectivity index (χ0) is 16.8. The van der Waals surface area contributed by atoms with Gasteiger partial charge < -0.3 is 14.4 Å². The van der Waals surface area contributed by atoms with Crippen molar-refractivity contribution >= 4 is 5.71 Å². The maximum atomic E-state index is 8.90. The molecule has 1 aliphatic heterocycles. The monoisotopic (exact) mass is 325 g/mol. The molecule has 1 unspecified atom stereocenters. The molecule has 0 fully saturated rings. The van der Waals surface area contributed by atoms with Crippen LogP contribution in [-0.4, -0.2) is 35.2 Å². The molecule has 0 aliphatic carbocycles. The van der Waals surface area contributed by atoms with Gasteiger partial charge in [0.1, 0.15) is 5.76 Å². The number of aliphatic imine (C=N–C) groups is 1. The van der Waals surface area contributed by atoms with E-state index in [0.717, 1.165) is 36.4 Å². The highest BCUT2D eigenvalue weighted by Crippen LogP contribution is 2.21. The minimum absolute atomic E-state index is 0.166. The van der Waals surface area contributed by atoms with E-state index in [1.165, 1.54) is 5.56 Å². The topological polar surface area (TPSA) is 75.0 Å². The smallest absolute Gasteiger partial charge is 0.173 e. The molecule has 5 nitrogen and oxygen atoms in total. The fourth-order valence-corrected chi connectivity index (χ4v) is 2.76. The van der Waals surface area contributed by atoms with Crippen LogP contribution in [0.2, 0.25) is 0 Å². The van der Waals surface area contributed by atoms with Gasteiger partial charge in [0.15, 0.2) is 6.29 Å². The van der Waals surface area contributed by atoms with Crippen molar-refractivity contribution in [3.63, 3.8) is 0 Å². The van der Waals surface area contributed by atoms with Gasteiger partial charge in [-0.1, -0.05) is 18.2 Å². The van der Waals surface area contributed by atoms with Crippen LogP contribution in [0.4, 0.5) is 0 Å². The van der Waals surface area contributed by atoms with Gasteiger partial charge in [-0.3, -0.25) is 10.7 Å². The second kappa shape index (κ2) is 7.95. The van der Waals surface area contributed by atoms with Gasteiger partial charge in [0, 0.05) is 30.6 Å². The zero-order valence-corrected chi connectivity index (χ0v) is 13.6. The Morgan fingerprint density at radius 1 is 1.21 bits per heavy atom. The Labute approximate surface area is 142 Å². The van der Waals surface area contributed by atoms with Crippen LogP contribution in [0.1, 0.15) is 18.4 Å². The fourth-order valence-electron chi connectivity index (χ4n) is 2.76. The van der Waals surface area contributed by atoms with Gasteiger partial charge in [0.05, 0.1) is 6.26 Å². The molecule has 1 aliphatic rings. The van der Waals surface area contributed by atoms with Gasteiger partial charge in [-0.2, -0.15) is 0 Å². The Balaban J connectivity index is 1.59. The minimum atomic E-state index is -0.356. The first kappa shape index (κ1) is 16.5. The van der Waals surface area contributed by atoms with Crippen LogP contribution < -0.4 is 5.73 Å². The van der Waals surface area contributed by atoms with Crippen molar-refractivity contribution in [1.82, 2.24) is 4.90 Å². The average Bonchev–Trinajstić information content (AvgIpc) is 3.14. The number of rotatable bonds is 7. The lowest BCUT2D eigenvalue weighted by Gasteiger charge is -2.28. The molecule has 3 rings (SSSR count). The van der Waals surface area contributed by atoms with E-state index in [1.54, 1.807) is 6.26 Å². The van der Waals surface area contributed by atoms with Crippen molar-refractivity contribution in [3.05, 3.63) is 60.5 Å². The van der Waals surface area contributed by atoms with Gasteiger partial charge in [0.25, 0.3) is 0 Å². The van der Waals surface area contributed by atoms with Crippen LogP contribution in [0.15, 0.2) is 64.3 Å². The molecule has 126 valence electrons. The van der Waals surface area contributed by atoms with Crippen LogP contribution in [-0.2, 0) is 6.42 Å². The number of nitrogens with two attached hydrogens (primary N) is 1. The largest absolute Gasteiger partial charge is 0.464 e. The van der Waals surface area contributed by atoms with Crippen LogP contribution in [0, 0.1) is 0 Å². The third kappa shape index (κ3) is 4.13. The van der Waals surface area contributed by atoms with Crippen LogP contribution in [0.25, 0.3) is 11.3 Å². The van der Waals surface area contributed by atoms with Crippen LogP contribution in [0.5, 0.6) is 0 Å². The van der Waals surface area contributed by atoms with E-state index in [9.17, 15) is 0 Å². The summed E-state index contributed by atoms with van der Waals surface area (Å²) in [6.45, 7) is 0.885. The number of hydrogen-bond acceptors (Lipinski definition) is 5. The molecule has 0 saturated heterocycles. The molecule has 1 aromatic heterocycles. The van der Waals surface area contributed by atoms with Gasteiger partial charge in [-0.25, -0.2) is 0 Å². The number of nitrogens with zero attached hydrogens (tertiary/aromatic N) is 2. The van der Waals surface area contributed by atoms with E-state index in [4.69, 9.17) is 15.3 Å². The summed E-state index contributed by atoms with van der Waals surface area (Å²) in [5.74, 6) is 0.883. The molecule has 3 N–H and O–H groups in total. The Kier molecular flexibility index (Phi) is 5.46. The van der Waals surface area contributed by atoms with E-state index in [1.807, 2.05) is 35.4 Å². The number of aliphatic hydroxyl groups excluding tert-OH is 1. The Morgan fingerprint density at radius 3 is 2.88 bits per heavy atom. The highest BCUT2D eigenvalue weighted by atomic mass is 16.3. The molecule has 5 heteroatoms. The highest BCUT2D eigenvalue weighted by Gasteiger charge is 2.14. The number of allylic oxidation sites excluding steroid dienone is 1. The Hall–Kier alpha value is -2.37. The SMILES string of the molecule is NC1N=C(CCc2cccc(-c3ccco3)c2)C=CN1CCCO. The summed E-state index contributed by atoms with van der Waals surface area (Å²) in [5, 5.41) is 8.90. The van der Waals surface area contributed by atoms with Crippen molar-refractivity contribution in [3.8, 4) is 11.3 Å². The fraction of sp³-hybridized carbons (Fsp3) is 0.316. The Bertz CT molecular complexity index is 707.